The molecule has 2 amide bonds. The van der Waals surface area contributed by atoms with Crippen LogP contribution in [0.3, 0.4) is 0 Å². The Labute approximate surface area is 157 Å². The van der Waals surface area contributed by atoms with Crippen LogP contribution in [0.4, 0.5) is 4.79 Å². The first-order valence-corrected chi connectivity index (χ1v) is 10.6. The predicted molar refractivity (Wildman–Crippen MR) is 102 cm³/mol. The highest BCUT2D eigenvalue weighted by Crippen LogP contribution is 2.32. The smallest absolute Gasteiger partial charge is 0.342 e. The van der Waals surface area contributed by atoms with Crippen molar-refractivity contribution in [2.45, 2.75) is 43.0 Å². The van der Waals surface area contributed by atoms with E-state index in [0.717, 1.165) is 25.9 Å². The standard InChI is InChI=1S/C16H27N5O2S2/c1-16(2,24-5)13-17-14(21(18-13)15(23)19(3)4)25-11-12(22)20-9-7-6-8-10-20/h6-11H2,1-5H3. The van der Waals surface area contributed by atoms with E-state index in [1.807, 2.05) is 25.0 Å². The van der Waals surface area contributed by atoms with Crippen LogP contribution in [0, 0.1) is 0 Å². The molecule has 0 aliphatic carbocycles. The first-order valence-electron chi connectivity index (χ1n) is 8.41. The lowest BCUT2D eigenvalue weighted by atomic mass is 10.1. The number of likely N-dealkylation sites (tertiary alicyclic amines) is 1. The maximum absolute atomic E-state index is 12.4. The number of carbonyl (C=O) groups excluding carboxylic acids is 2. The molecule has 0 radical (unpaired) electrons. The van der Waals surface area contributed by atoms with Gasteiger partial charge in [0.1, 0.15) is 0 Å². The molecule has 7 nitrogen and oxygen atoms in total. The fourth-order valence-electron chi connectivity index (χ4n) is 2.41. The Morgan fingerprint density at radius 1 is 1.20 bits per heavy atom. The van der Waals surface area contributed by atoms with Gasteiger partial charge >= 0.3 is 6.03 Å². The van der Waals surface area contributed by atoms with E-state index in [4.69, 9.17) is 0 Å². The van der Waals surface area contributed by atoms with Crippen LogP contribution in [-0.2, 0) is 9.54 Å². The van der Waals surface area contributed by atoms with Gasteiger partial charge in [0.05, 0.1) is 10.5 Å². The summed E-state index contributed by atoms with van der Waals surface area (Å²) in [5.41, 5.74) is 0. The van der Waals surface area contributed by atoms with Gasteiger partial charge in [-0.25, -0.2) is 9.78 Å². The van der Waals surface area contributed by atoms with Crippen LogP contribution in [0.1, 0.15) is 38.9 Å². The average molecular weight is 386 g/mol. The van der Waals surface area contributed by atoms with E-state index in [0.29, 0.717) is 11.0 Å². The van der Waals surface area contributed by atoms with Crippen molar-refractivity contribution in [3.8, 4) is 0 Å². The second kappa shape index (κ2) is 8.44. The second-order valence-electron chi connectivity index (χ2n) is 6.75. The summed E-state index contributed by atoms with van der Waals surface area (Å²) in [4.78, 5) is 32.7. The van der Waals surface area contributed by atoms with Crippen molar-refractivity contribution in [2.75, 3.05) is 39.2 Å². The van der Waals surface area contributed by atoms with Crippen molar-refractivity contribution in [2.24, 2.45) is 0 Å². The summed E-state index contributed by atoms with van der Waals surface area (Å²) in [6, 6.07) is -0.261. The number of hydrogen-bond acceptors (Lipinski definition) is 6. The molecule has 0 atom stereocenters. The molecule has 1 aliphatic heterocycles. The van der Waals surface area contributed by atoms with Gasteiger partial charge in [0, 0.05) is 27.2 Å². The molecule has 25 heavy (non-hydrogen) atoms. The lowest BCUT2D eigenvalue weighted by Crippen LogP contribution is -2.36. The second-order valence-corrected chi connectivity index (χ2v) is 9.12. The molecule has 140 valence electrons. The Hall–Kier alpha value is -1.22. The van der Waals surface area contributed by atoms with Crippen LogP contribution in [0.5, 0.6) is 0 Å². The van der Waals surface area contributed by atoms with E-state index in [1.54, 1.807) is 25.9 Å². The van der Waals surface area contributed by atoms with E-state index >= 15 is 0 Å². The molecule has 1 aliphatic rings. The number of nitrogens with zero attached hydrogens (tertiary/aromatic N) is 5. The zero-order valence-corrected chi connectivity index (χ0v) is 17.2. The van der Waals surface area contributed by atoms with Crippen LogP contribution >= 0.6 is 23.5 Å². The molecule has 0 N–H and O–H groups in total. The molecule has 0 saturated carbocycles. The van der Waals surface area contributed by atoms with Crippen molar-refractivity contribution in [3.05, 3.63) is 5.82 Å². The highest BCUT2D eigenvalue weighted by Gasteiger charge is 2.29. The molecule has 1 aromatic rings. The SMILES string of the molecule is CSC(C)(C)c1nc(SCC(=O)N2CCCCC2)n(C(=O)N(C)C)n1. The fraction of sp³-hybridized carbons (Fsp3) is 0.750. The summed E-state index contributed by atoms with van der Waals surface area (Å²) in [7, 11) is 3.35. The minimum Gasteiger partial charge on any atom is -0.342 e. The quantitative estimate of drug-likeness (QED) is 0.725. The van der Waals surface area contributed by atoms with E-state index in [2.05, 4.69) is 10.1 Å². The lowest BCUT2D eigenvalue weighted by Gasteiger charge is -2.26. The van der Waals surface area contributed by atoms with Crippen LogP contribution in [0.2, 0.25) is 0 Å². The fourth-order valence-corrected chi connectivity index (χ4v) is 3.51. The number of aromatic nitrogens is 3. The summed E-state index contributed by atoms with van der Waals surface area (Å²) in [6.45, 7) is 5.69. The molecule has 2 rings (SSSR count). The summed E-state index contributed by atoms with van der Waals surface area (Å²) < 4.78 is 1.01. The lowest BCUT2D eigenvalue weighted by molar-refractivity contribution is -0.129. The number of hydrogen-bond donors (Lipinski definition) is 0. The average Bonchev–Trinajstić information content (AvgIpc) is 3.04. The van der Waals surface area contributed by atoms with Gasteiger partial charge in [-0.3, -0.25) is 4.79 Å². The topological polar surface area (TPSA) is 71.3 Å². The Kier molecular flexibility index (Phi) is 6.79. The van der Waals surface area contributed by atoms with Crippen LogP contribution in [-0.4, -0.2) is 75.7 Å². The molecule has 9 heteroatoms. The third kappa shape index (κ3) is 4.91. The van der Waals surface area contributed by atoms with Gasteiger partial charge in [0.2, 0.25) is 5.91 Å². The van der Waals surface area contributed by atoms with Gasteiger partial charge in [-0.1, -0.05) is 11.8 Å². The van der Waals surface area contributed by atoms with E-state index in [9.17, 15) is 9.59 Å². The monoisotopic (exact) mass is 385 g/mol. The highest BCUT2D eigenvalue weighted by atomic mass is 32.2. The van der Waals surface area contributed by atoms with Crippen LogP contribution in [0.25, 0.3) is 0 Å². The Bertz CT molecular complexity index is 624. The third-order valence-electron chi connectivity index (χ3n) is 4.22. The number of rotatable bonds is 5. The summed E-state index contributed by atoms with van der Waals surface area (Å²) in [5, 5.41) is 4.89. The van der Waals surface area contributed by atoms with Gasteiger partial charge in [-0.05, 0) is 39.4 Å². The van der Waals surface area contributed by atoms with Crippen molar-refractivity contribution >= 4 is 35.5 Å². The number of thioether (sulfide) groups is 2. The molecule has 0 bridgehead atoms. The maximum atomic E-state index is 12.4. The first-order chi connectivity index (χ1) is 11.8. The molecule has 1 fully saturated rings. The molecule has 0 spiro atoms. The van der Waals surface area contributed by atoms with Crippen LogP contribution < -0.4 is 0 Å². The normalized spacial score (nSPS) is 15.3. The van der Waals surface area contributed by atoms with Crippen molar-refractivity contribution in [3.63, 3.8) is 0 Å². The zero-order chi connectivity index (χ0) is 18.6. The predicted octanol–water partition coefficient (Wildman–Crippen LogP) is 2.51. The molecule has 1 saturated heterocycles. The van der Waals surface area contributed by atoms with Crippen LogP contribution in [0.15, 0.2) is 5.16 Å². The van der Waals surface area contributed by atoms with Gasteiger partial charge in [-0.15, -0.1) is 5.10 Å². The van der Waals surface area contributed by atoms with Crippen molar-refractivity contribution in [1.29, 1.82) is 0 Å². The number of carbonyl (C=O) groups is 2. The van der Waals surface area contributed by atoms with E-state index in [-0.39, 0.29) is 22.4 Å². The van der Waals surface area contributed by atoms with Gasteiger partial charge in [-0.2, -0.15) is 16.4 Å². The maximum Gasteiger partial charge on any atom is 0.346 e. The van der Waals surface area contributed by atoms with E-state index in [1.165, 1.54) is 27.8 Å². The van der Waals surface area contributed by atoms with E-state index < -0.39 is 0 Å². The minimum absolute atomic E-state index is 0.0993. The Morgan fingerprint density at radius 2 is 1.84 bits per heavy atom. The van der Waals surface area contributed by atoms with Crippen molar-refractivity contribution in [1.82, 2.24) is 24.6 Å². The summed E-state index contributed by atoms with van der Waals surface area (Å²) in [5.74, 6) is 0.976. The largest absolute Gasteiger partial charge is 0.346 e. The minimum atomic E-state index is -0.302. The van der Waals surface area contributed by atoms with Gasteiger partial charge < -0.3 is 9.80 Å². The molecule has 0 unspecified atom stereocenters. The molecular weight excluding hydrogens is 358 g/mol. The van der Waals surface area contributed by atoms with Crippen molar-refractivity contribution < 1.29 is 9.59 Å². The Morgan fingerprint density at radius 3 is 2.40 bits per heavy atom. The van der Waals surface area contributed by atoms with Gasteiger partial charge in [0.15, 0.2) is 11.0 Å². The molecule has 2 heterocycles. The molecular formula is C16H27N5O2S2. The highest BCUT2D eigenvalue weighted by molar-refractivity contribution is 8.00. The summed E-state index contributed by atoms with van der Waals surface area (Å²) >= 11 is 2.91. The summed E-state index contributed by atoms with van der Waals surface area (Å²) in [6.07, 6.45) is 5.31. The number of amides is 2. The molecule has 0 aromatic carbocycles. The first kappa shape index (κ1) is 20.1. The zero-order valence-electron chi connectivity index (χ0n) is 15.6. The third-order valence-corrected chi connectivity index (χ3v) is 6.34. The number of piperidine rings is 1. The molecule has 1 aromatic heterocycles. The Balaban J connectivity index is 2.17. The van der Waals surface area contributed by atoms with Gasteiger partial charge in [0.25, 0.3) is 0 Å².